The molecule has 0 aliphatic rings. The highest BCUT2D eigenvalue weighted by Crippen LogP contribution is 2.27. The molecule has 3 N–H and O–H groups in total. The fourth-order valence-electron chi connectivity index (χ4n) is 1.51. The van der Waals surface area contributed by atoms with Crippen molar-refractivity contribution in [2.45, 2.75) is 25.8 Å². The maximum absolute atomic E-state index is 6.19. The van der Waals surface area contributed by atoms with Crippen LogP contribution in [0.15, 0.2) is 18.2 Å². The molecule has 0 bridgehead atoms. The van der Waals surface area contributed by atoms with E-state index in [1.807, 2.05) is 51.0 Å². The highest BCUT2D eigenvalue weighted by Gasteiger charge is 2.09. The van der Waals surface area contributed by atoms with Crippen LogP contribution >= 0.6 is 11.6 Å². The van der Waals surface area contributed by atoms with Gasteiger partial charge >= 0.3 is 0 Å². The SMILES string of the molecule is CN(C)c1ccc(NCCC(C)(C)N)cc1Cl. The molecule has 0 spiro atoms. The Morgan fingerprint density at radius 2 is 2.00 bits per heavy atom. The summed E-state index contributed by atoms with van der Waals surface area (Å²) in [5, 5.41) is 4.08. The summed E-state index contributed by atoms with van der Waals surface area (Å²) in [6, 6.07) is 5.99. The van der Waals surface area contributed by atoms with Crippen LogP contribution in [0.4, 0.5) is 11.4 Å². The fourth-order valence-corrected chi connectivity index (χ4v) is 1.86. The standard InChI is InChI=1S/C13H22ClN3/c1-13(2,15)7-8-16-10-5-6-12(17(3)4)11(14)9-10/h5-6,9,16H,7-8,15H2,1-4H3. The molecule has 0 unspecified atom stereocenters. The summed E-state index contributed by atoms with van der Waals surface area (Å²) >= 11 is 6.19. The monoisotopic (exact) mass is 255 g/mol. The molecule has 96 valence electrons. The van der Waals surface area contributed by atoms with Gasteiger partial charge in [-0.05, 0) is 38.5 Å². The first kappa shape index (κ1) is 14.1. The van der Waals surface area contributed by atoms with Gasteiger partial charge < -0.3 is 16.0 Å². The van der Waals surface area contributed by atoms with E-state index in [0.717, 1.165) is 29.4 Å². The summed E-state index contributed by atoms with van der Waals surface area (Å²) < 4.78 is 0. The first-order valence-electron chi connectivity index (χ1n) is 5.79. The molecule has 1 aromatic rings. The van der Waals surface area contributed by atoms with Crippen molar-refractivity contribution >= 4 is 23.0 Å². The zero-order valence-electron chi connectivity index (χ0n) is 11.0. The number of anilines is 2. The summed E-state index contributed by atoms with van der Waals surface area (Å²) in [5.74, 6) is 0. The van der Waals surface area contributed by atoms with Crippen molar-refractivity contribution in [1.82, 2.24) is 0 Å². The van der Waals surface area contributed by atoms with Crippen LogP contribution in [0.1, 0.15) is 20.3 Å². The van der Waals surface area contributed by atoms with Crippen LogP contribution in [0.5, 0.6) is 0 Å². The van der Waals surface area contributed by atoms with E-state index in [1.165, 1.54) is 0 Å². The molecule has 0 saturated carbocycles. The molecule has 0 amide bonds. The van der Waals surface area contributed by atoms with Crippen molar-refractivity contribution in [3.05, 3.63) is 23.2 Å². The van der Waals surface area contributed by atoms with Crippen LogP contribution in [0.25, 0.3) is 0 Å². The molecule has 4 heteroatoms. The number of hydrogen-bond donors (Lipinski definition) is 2. The molecule has 17 heavy (non-hydrogen) atoms. The van der Waals surface area contributed by atoms with E-state index in [4.69, 9.17) is 17.3 Å². The van der Waals surface area contributed by atoms with Crippen molar-refractivity contribution < 1.29 is 0 Å². The highest BCUT2D eigenvalue weighted by atomic mass is 35.5. The zero-order chi connectivity index (χ0) is 13.1. The Morgan fingerprint density at radius 3 is 2.47 bits per heavy atom. The Bertz CT molecular complexity index is 369. The van der Waals surface area contributed by atoms with Gasteiger partial charge in [-0.3, -0.25) is 0 Å². The molecule has 1 aromatic carbocycles. The molecule has 3 nitrogen and oxygen atoms in total. The maximum Gasteiger partial charge on any atom is 0.0659 e. The van der Waals surface area contributed by atoms with Crippen LogP contribution in [-0.2, 0) is 0 Å². The van der Waals surface area contributed by atoms with E-state index >= 15 is 0 Å². The Hall–Kier alpha value is -0.930. The van der Waals surface area contributed by atoms with Gasteiger partial charge in [0.15, 0.2) is 0 Å². The predicted molar refractivity (Wildman–Crippen MR) is 77.2 cm³/mol. The number of nitrogens with zero attached hydrogens (tertiary/aromatic N) is 1. The van der Waals surface area contributed by atoms with Crippen LogP contribution < -0.4 is 16.0 Å². The van der Waals surface area contributed by atoms with E-state index in [2.05, 4.69) is 5.32 Å². The molecule has 0 saturated heterocycles. The van der Waals surface area contributed by atoms with Gasteiger partial charge in [-0.2, -0.15) is 0 Å². The fraction of sp³-hybridized carbons (Fsp3) is 0.538. The quantitative estimate of drug-likeness (QED) is 0.850. The average molecular weight is 256 g/mol. The largest absolute Gasteiger partial charge is 0.385 e. The lowest BCUT2D eigenvalue weighted by Gasteiger charge is -2.19. The molecule has 0 aromatic heterocycles. The zero-order valence-corrected chi connectivity index (χ0v) is 11.8. The number of rotatable bonds is 5. The molecule has 0 aliphatic heterocycles. The number of nitrogens with one attached hydrogen (secondary N) is 1. The molecular weight excluding hydrogens is 234 g/mol. The molecular formula is C13H22ClN3. The van der Waals surface area contributed by atoms with Gasteiger partial charge in [0, 0.05) is 31.9 Å². The summed E-state index contributed by atoms with van der Waals surface area (Å²) in [6.07, 6.45) is 0.917. The van der Waals surface area contributed by atoms with Crippen molar-refractivity contribution in [1.29, 1.82) is 0 Å². The molecule has 0 fully saturated rings. The first-order chi connectivity index (χ1) is 7.79. The van der Waals surface area contributed by atoms with E-state index in [1.54, 1.807) is 0 Å². The Labute approximate surface area is 109 Å². The van der Waals surface area contributed by atoms with Crippen molar-refractivity contribution in [3.8, 4) is 0 Å². The van der Waals surface area contributed by atoms with Crippen molar-refractivity contribution in [2.24, 2.45) is 5.73 Å². The second-order valence-electron chi connectivity index (χ2n) is 5.23. The lowest BCUT2D eigenvalue weighted by atomic mass is 10.0. The smallest absolute Gasteiger partial charge is 0.0659 e. The number of nitrogens with two attached hydrogens (primary N) is 1. The molecule has 0 heterocycles. The second kappa shape index (κ2) is 5.61. The van der Waals surface area contributed by atoms with Gasteiger partial charge in [-0.25, -0.2) is 0 Å². The van der Waals surface area contributed by atoms with Gasteiger partial charge in [0.1, 0.15) is 0 Å². The van der Waals surface area contributed by atoms with Crippen LogP contribution in [0.2, 0.25) is 5.02 Å². The highest BCUT2D eigenvalue weighted by molar-refractivity contribution is 6.33. The molecule has 0 radical (unpaired) electrons. The maximum atomic E-state index is 6.19. The molecule has 1 rings (SSSR count). The van der Waals surface area contributed by atoms with Gasteiger partial charge in [0.2, 0.25) is 0 Å². The minimum atomic E-state index is -0.139. The van der Waals surface area contributed by atoms with Crippen molar-refractivity contribution in [2.75, 3.05) is 30.9 Å². The molecule has 0 aliphatic carbocycles. The number of halogens is 1. The summed E-state index contributed by atoms with van der Waals surface area (Å²) in [5.41, 5.74) is 7.84. The van der Waals surface area contributed by atoms with Gasteiger partial charge in [-0.1, -0.05) is 11.6 Å². The summed E-state index contributed by atoms with van der Waals surface area (Å²) in [4.78, 5) is 2.00. The van der Waals surface area contributed by atoms with E-state index in [-0.39, 0.29) is 5.54 Å². The second-order valence-corrected chi connectivity index (χ2v) is 5.63. The van der Waals surface area contributed by atoms with Gasteiger partial charge in [-0.15, -0.1) is 0 Å². The Morgan fingerprint density at radius 1 is 1.35 bits per heavy atom. The normalized spacial score (nSPS) is 11.4. The summed E-state index contributed by atoms with van der Waals surface area (Å²) in [7, 11) is 3.95. The van der Waals surface area contributed by atoms with E-state index < -0.39 is 0 Å². The van der Waals surface area contributed by atoms with E-state index in [0.29, 0.717) is 0 Å². The van der Waals surface area contributed by atoms with Crippen LogP contribution in [0.3, 0.4) is 0 Å². The third-order valence-electron chi connectivity index (χ3n) is 2.53. The summed E-state index contributed by atoms with van der Waals surface area (Å²) in [6.45, 7) is 4.90. The predicted octanol–water partition coefficient (Wildman–Crippen LogP) is 2.95. The number of hydrogen-bond acceptors (Lipinski definition) is 3. The minimum absolute atomic E-state index is 0.139. The topological polar surface area (TPSA) is 41.3 Å². The minimum Gasteiger partial charge on any atom is -0.385 e. The lowest BCUT2D eigenvalue weighted by Crippen LogP contribution is -2.34. The van der Waals surface area contributed by atoms with Gasteiger partial charge in [0.05, 0.1) is 10.7 Å². The number of benzene rings is 1. The Kier molecular flexibility index (Phi) is 4.66. The van der Waals surface area contributed by atoms with E-state index in [9.17, 15) is 0 Å². The van der Waals surface area contributed by atoms with Gasteiger partial charge in [0.25, 0.3) is 0 Å². The molecule has 0 atom stereocenters. The average Bonchev–Trinajstić information content (AvgIpc) is 2.15. The third-order valence-corrected chi connectivity index (χ3v) is 2.83. The first-order valence-corrected chi connectivity index (χ1v) is 6.17. The Balaban J connectivity index is 2.59. The third kappa shape index (κ3) is 4.84. The van der Waals surface area contributed by atoms with Crippen LogP contribution in [0, 0.1) is 0 Å². The van der Waals surface area contributed by atoms with Crippen LogP contribution in [-0.4, -0.2) is 26.2 Å². The lowest BCUT2D eigenvalue weighted by molar-refractivity contribution is 0.491. The van der Waals surface area contributed by atoms with Crippen molar-refractivity contribution in [3.63, 3.8) is 0 Å².